The second kappa shape index (κ2) is 14.9. The first kappa shape index (κ1) is 33.1. The van der Waals surface area contributed by atoms with E-state index in [-0.39, 0.29) is 11.6 Å². The van der Waals surface area contributed by atoms with Crippen molar-refractivity contribution in [1.82, 2.24) is 9.13 Å². The molecular weight excluding hydrogens is 604 g/mol. The lowest BCUT2D eigenvalue weighted by Crippen LogP contribution is -2.08. The Morgan fingerprint density at radius 2 is 0.979 bits per heavy atom. The number of esters is 2. The van der Waals surface area contributed by atoms with Crippen LogP contribution in [-0.2, 0) is 9.47 Å². The van der Waals surface area contributed by atoms with E-state index in [4.69, 9.17) is 9.47 Å². The highest BCUT2D eigenvalue weighted by molar-refractivity contribution is 6.10. The van der Waals surface area contributed by atoms with Crippen LogP contribution in [0.15, 0.2) is 134 Å². The van der Waals surface area contributed by atoms with E-state index in [1.54, 1.807) is 12.3 Å². The van der Waals surface area contributed by atoms with Crippen molar-refractivity contribution in [1.29, 1.82) is 0 Å². The second-order valence-corrected chi connectivity index (χ2v) is 10.8. The fourth-order valence-electron chi connectivity index (χ4n) is 5.51. The van der Waals surface area contributed by atoms with Crippen molar-refractivity contribution >= 4 is 23.5 Å². The maximum Gasteiger partial charge on any atom is 0.340 e. The number of carbonyl (C=O) groups is 4. The number of carbonyl (C=O) groups excluding carboxylic acids is 4. The van der Waals surface area contributed by atoms with Gasteiger partial charge in [0.25, 0.3) is 0 Å². The summed E-state index contributed by atoms with van der Waals surface area (Å²) in [5, 5.41) is 0. The maximum atomic E-state index is 12.4. The molecule has 0 aliphatic rings. The van der Waals surface area contributed by atoms with Gasteiger partial charge in [-0.1, -0.05) is 97.1 Å². The Hall–Kier alpha value is -6.28. The van der Waals surface area contributed by atoms with Crippen molar-refractivity contribution in [3.63, 3.8) is 0 Å². The molecule has 0 saturated carbocycles. The summed E-state index contributed by atoms with van der Waals surface area (Å²) < 4.78 is 13.5. The summed E-state index contributed by atoms with van der Waals surface area (Å²) in [5.41, 5.74) is 6.13. The first-order valence-corrected chi connectivity index (χ1v) is 15.2. The smallest absolute Gasteiger partial charge is 0.340 e. The molecule has 0 spiro atoms. The van der Waals surface area contributed by atoms with Gasteiger partial charge in [-0.25, -0.2) is 9.59 Å². The molecule has 2 aromatic heterocycles. The van der Waals surface area contributed by atoms with Crippen LogP contribution in [0.2, 0.25) is 0 Å². The molecule has 0 bridgehead atoms. The topological polar surface area (TPSA) is 96.6 Å². The molecule has 0 radical (unpaired) electrons. The number of ketones is 2. The fourth-order valence-corrected chi connectivity index (χ4v) is 5.51. The number of hydrogen-bond donors (Lipinski definition) is 0. The zero-order chi connectivity index (χ0) is 34.2. The standard InChI is InChI=1S/2C20H17NO3/c1-14(22)18-13-17(20(23)24-2)19(15-9-5-3-6-10-15)21(18)16-11-7-4-8-12-16;1-14(22)17-13-21(16-11-7-4-8-12-16)19(18(17)20(23)24-2)15-9-5-3-6-10-15/h2*3-13H,1-2H3. The zero-order valence-electron chi connectivity index (χ0n) is 27.0. The van der Waals surface area contributed by atoms with Crippen molar-refractivity contribution in [3.8, 4) is 33.9 Å². The number of ether oxygens (including phenoxy) is 2. The molecule has 0 atom stereocenters. The van der Waals surface area contributed by atoms with Crippen LogP contribution in [0.5, 0.6) is 0 Å². The molecule has 2 heterocycles. The third-order valence-electron chi connectivity index (χ3n) is 7.68. The first-order chi connectivity index (χ1) is 23.3. The Balaban J connectivity index is 0.000000188. The monoisotopic (exact) mass is 638 g/mol. The number of benzene rings is 4. The molecule has 0 N–H and O–H groups in total. The van der Waals surface area contributed by atoms with Crippen LogP contribution in [-0.4, -0.2) is 46.9 Å². The van der Waals surface area contributed by atoms with E-state index in [0.29, 0.717) is 33.8 Å². The third kappa shape index (κ3) is 6.78. The summed E-state index contributed by atoms with van der Waals surface area (Å²) >= 11 is 0. The first-order valence-electron chi connectivity index (χ1n) is 15.2. The van der Waals surface area contributed by atoms with Gasteiger partial charge in [0.15, 0.2) is 11.6 Å². The highest BCUT2D eigenvalue weighted by Crippen LogP contribution is 2.33. The van der Waals surface area contributed by atoms with Crippen LogP contribution in [0.3, 0.4) is 0 Å². The van der Waals surface area contributed by atoms with Gasteiger partial charge in [-0.3, -0.25) is 9.59 Å². The Morgan fingerprint density at radius 3 is 1.44 bits per heavy atom. The molecule has 0 aliphatic carbocycles. The molecular formula is C40H34N2O6. The average Bonchev–Trinajstić information content (AvgIpc) is 3.74. The van der Waals surface area contributed by atoms with Crippen LogP contribution in [0.25, 0.3) is 33.9 Å². The highest BCUT2D eigenvalue weighted by Gasteiger charge is 2.27. The Morgan fingerprint density at radius 1 is 0.521 bits per heavy atom. The summed E-state index contributed by atoms with van der Waals surface area (Å²) in [5.74, 6) is -1.28. The molecule has 48 heavy (non-hydrogen) atoms. The normalized spacial score (nSPS) is 10.4. The van der Waals surface area contributed by atoms with E-state index in [2.05, 4.69) is 0 Å². The lowest BCUT2D eigenvalue weighted by atomic mass is 10.0. The van der Waals surface area contributed by atoms with Crippen molar-refractivity contribution in [3.05, 3.63) is 156 Å². The minimum Gasteiger partial charge on any atom is -0.465 e. The number of para-hydroxylation sites is 2. The molecule has 0 fully saturated rings. The van der Waals surface area contributed by atoms with Crippen molar-refractivity contribution in [2.24, 2.45) is 0 Å². The van der Waals surface area contributed by atoms with Gasteiger partial charge in [-0.2, -0.15) is 0 Å². The summed E-state index contributed by atoms with van der Waals surface area (Å²) in [6, 6.07) is 39.7. The zero-order valence-corrected chi connectivity index (χ0v) is 27.0. The van der Waals surface area contributed by atoms with Gasteiger partial charge >= 0.3 is 11.9 Å². The maximum absolute atomic E-state index is 12.4. The number of Topliss-reactive ketones (excluding diaryl/α,β-unsaturated/α-hetero) is 2. The molecule has 6 aromatic rings. The van der Waals surface area contributed by atoms with Crippen molar-refractivity contribution in [2.45, 2.75) is 13.8 Å². The lowest BCUT2D eigenvalue weighted by molar-refractivity contribution is 0.0591. The van der Waals surface area contributed by atoms with Crippen molar-refractivity contribution < 1.29 is 28.7 Å². The number of hydrogen-bond acceptors (Lipinski definition) is 6. The Labute approximate surface area is 278 Å². The summed E-state index contributed by atoms with van der Waals surface area (Å²) in [7, 11) is 2.66. The molecule has 6 rings (SSSR count). The minimum atomic E-state index is -0.520. The van der Waals surface area contributed by atoms with E-state index in [1.165, 1.54) is 28.1 Å². The van der Waals surface area contributed by atoms with E-state index in [1.807, 2.05) is 130 Å². The van der Waals surface area contributed by atoms with E-state index < -0.39 is 11.9 Å². The molecule has 0 saturated heterocycles. The van der Waals surface area contributed by atoms with Gasteiger partial charge in [0.05, 0.1) is 48.0 Å². The van der Waals surface area contributed by atoms with Crippen LogP contribution in [0.4, 0.5) is 0 Å². The summed E-state index contributed by atoms with van der Waals surface area (Å²) in [6.07, 6.45) is 1.70. The second-order valence-electron chi connectivity index (χ2n) is 10.8. The summed E-state index contributed by atoms with van der Waals surface area (Å²) in [4.78, 5) is 48.9. The van der Waals surface area contributed by atoms with E-state index >= 15 is 0 Å². The fraction of sp³-hybridized carbons (Fsp3) is 0.100. The molecule has 0 unspecified atom stereocenters. The van der Waals surface area contributed by atoms with Gasteiger partial charge in [-0.15, -0.1) is 0 Å². The van der Waals surface area contributed by atoms with Crippen LogP contribution in [0.1, 0.15) is 55.4 Å². The molecule has 4 aromatic carbocycles. The predicted molar refractivity (Wildman–Crippen MR) is 185 cm³/mol. The number of nitrogens with zero attached hydrogens (tertiary/aromatic N) is 2. The van der Waals surface area contributed by atoms with Crippen LogP contribution in [0, 0.1) is 0 Å². The van der Waals surface area contributed by atoms with E-state index in [0.717, 1.165) is 22.5 Å². The summed E-state index contributed by atoms with van der Waals surface area (Å²) in [6.45, 7) is 2.94. The molecule has 8 nitrogen and oxygen atoms in total. The number of aromatic nitrogens is 2. The Kier molecular flexibility index (Phi) is 10.3. The van der Waals surface area contributed by atoms with Gasteiger partial charge in [0, 0.05) is 24.5 Å². The largest absolute Gasteiger partial charge is 0.465 e. The number of rotatable bonds is 8. The van der Waals surface area contributed by atoms with Crippen LogP contribution >= 0.6 is 0 Å². The Bertz CT molecular complexity index is 2030. The highest BCUT2D eigenvalue weighted by atomic mass is 16.5. The SMILES string of the molecule is COC(=O)c1c(C(C)=O)cn(-c2ccccc2)c1-c1ccccc1.COC(=O)c1cc(C(C)=O)n(-c2ccccc2)c1-c1ccccc1. The van der Waals surface area contributed by atoms with Gasteiger partial charge in [0.1, 0.15) is 0 Å². The van der Waals surface area contributed by atoms with Gasteiger partial charge in [-0.05, 0) is 48.4 Å². The molecule has 0 aliphatic heterocycles. The number of methoxy groups -OCH3 is 2. The predicted octanol–water partition coefficient (Wildman–Crippen LogP) is 8.27. The minimum absolute atomic E-state index is 0.119. The molecule has 240 valence electrons. The van der Waals surface area contributed by atoms with Crippen molar-refractivity contribution in [2.75, 3.05) is 14.2 Å². The van der Waals surface area contributed by atoms with E-state index in [9.17, 15) is 19.2 Å². The quantitative estimate of drug-likeness (QED) is 0.123. The van der Waals surface area contributed by atoms with Gasteiger partial charge in [0.2, 0.25) is 0 Å². The van der Waals surface area contributed by atoms with Crippen LogP contribution < -0.4 is 0 Å². The third-order valence-corrected chi connectivity index (χ3v) is 7.68. The molecule has 0 amide bonds. The lowest BCUT2D eigenvalue weighted by Gasteiger charge is -2.13. The average molecular weight is 639 g/mol. The molecule has 8 heteroatoms. The van der Waals surface area contributed by atoms with Gasteiger partial charge < -0.3 is 18.6 Å².